The smallest absolute Gasteiger partial charge is 0.300 e. The Morgan fingerprint density at radius 1 is 0.690 bits per heavy atom. The van der Waals surface area contributed by atoms with E-state index < -0.39 is 10.1 Å². The topological polar surface area (TPSA) is 52.6 Å². The molecule has 29 heavy (non-hydrogen) atoms. The second kappa shape index (κ2) is 13.4. The van der Waals surface area contributed by atoms with Gasteiger partial charge in [0, 0.05) is 0 Å². The van der Waals surface area contributed by atoms with Crippen molar-refractivity contribution >= 4 is 10.1 Å². The Kier molecular flexibility index (Phi) is 10.8. The van der Waals surface area contributed by atoms with Gasteiger partial charge in [-0.1, -0.05) is 95.0 Å². The minimum atomic E-state index is -3.85. The summed E-state index contributed by atoms with van der Waals surface area (Å²) in [5.41, 5.74) is 0. The van der Waals surface area contributed by atoms with Crippen molar-refractivity contribution in [1.29, 1.82) is 0 Å². The first-order valence-corrected chi connectivity index (χ1v) is 12.3. The molecule has 0 bridgehead atoms. The molecule has 2 aromatic carbocycles. The lowest BCUT2D eigenvalue weighted by Gasteiger charge is -2.11. The van der Waals surface area contributed by atoms with Gasteiger partial charge < -0.3 is 4.74 Å². The van der Waals surface area contributed by atoms with Crippen LogP contribution in [0, 0.1) is 0 Å². The molecule has 0 aliphatic carbocycles. The normalized spacial score (nSPS) is 11.5. The van der Waals surface area contributed by atoms with Gasteiger partial charge in [-0.05, 0) is 30.7 Å². The molecule has 0 unspecified atom stereocenters. The maximum atomic E-state index is 12.6. The summed E-state index contributed by atoms with van der Waals surface area (Å²) in [5.74, 6) is 0.867. The number of ether oxygens (including phenoxy) is 1. The SMILES string of the molecule is CCCCCCCCCCCCOS(=O)(=O)c1ccccc1Oc1ccccc1. The molecular formula is C24H34O4S. The summed E-state index contributed by atoms with van der Waals surface area (Å²) in [4.78, 5) is 0.0657. The van der Waals surface area contributed by atoms with Gasteiger partial charge in [0.2, 0.25) is 0 Å². The Bertz CT molecular complexity index is 788. The van der Waals surface area contributed by atoms with Gasteiger partial charge in [-0.15, -0.1) is 0 Å². The van der Waals surface area contributed by atoms with E-state index in [2.05, 4.69) is 6.92 Å². The Morgan fingerprint density at radius 2 is 1.24 bits per heavy atom. The van der Waals surface area contributed by atoms with E-state index in [0.717, 1.165) is 19.3 Å². The van der Waals surface area contributed by atoms with E-state index >= 15 is 0 Å². The third-order valence-corrected chi connectivity index (χ3v) is 6.18. The minimum absolute atomic E-state index is 0.0657. The molecule has 5 heteroatoms. The molecule has 2 rings (SSSR count). The van der Waals surface area contributed by atoms with Crippen molar-refractivity contribution in [3.8, 4) is 11.5 Å². The summed E-state index contributed by atoms with van der Waals surface area (Å²) in [6.45, 7) is 2.44. The minimum Gasteiger partial charge on any atom is -0.456 e. The largest absolute Gasteiger partial charge is 0.456 e. The van der Waals surface area contributed by atoms with E-state index in [9.17, 15) is 8.42 Å². The molecule has 0 fully saturated rings. The van der Waals surface area contributed by atoms with E-state index in [1.165, 1.54) is 51.0 Å². The molecule has 0 atom stereocenters. The van der Waals surface area contributed by atoms with Crippen molar-refractivity contribution < 1.29 is 17.3 Å². The lowest BCUT2D eigenvalue weighted by atomic mass is 10.1. The van der Waals surface area contributed by atoms with E-state index in [1.54, 1.807) is 30.3 Å². The number of unbranched alkanes of at least 4 members (excludes halogenated alkanes) is 9. The van der Waals surface area contributed by atoms with E-state index in [1.807, 2.05) is 18.2 Å². The summed E-state index contributed by atoms with van der Waals surface area (Å²) in [5, 5.41) is 0. The van der Waals surface area contributed by atoms with Crippen molar-refractivity contribution in [2.24, 2.45) is 0 Å². The van der Waals surface area contributed by atoms with Gasteiger partial charge in [-0.25, -0.2) is 0 Å². The van der Waals surface area contributed by atoms with Crippen LogP contribution >= 0.6 is 0 Å². The maximum absolute atomic E-state index is 12.6. The first-order valence-electron chi connectivity index (χ1n) is 10.8. The predicted molar refractivity (Wildman–Crippen MR) is 118 cm³/mol. The molecule has 0 aliphatic heterocycles. The van der Waals surface area contributed by atoms with Crippen molar-refractivity contribution in [3.63, 3.8) is 0 Å². The predicted octanol–water partition coefficient (Wildman–Crippen LogP) is 7.11. The van der Waals surface area contributed by atoms with Gasteiger partial charge >= 0.3 is 10.1 Å². The number of benzene rings is 2. The molecule has 2 aromatic rings. The Morgan fingerprint density at radius 3 is 1.90 bits per heavy atom. The van der Waals surface area contributed by atoms with Crippen molar-refractivity contribution in [2.45, 2.75) is 76.0 Å². The van der Waals surface area contributed by atoms with E-state index in [4.69, 9.17) is 8.92 Å². The van der Waals surface area contributed by atoms with E-state index in [0.29, 0.717) is 5.75 Å². The third-order valence-electron chi connectivity index (χ3n) is 4.83. The molecule has 0 amide bonds. The van der Waals surface area contributed by atoms with Crippen LogP contribution in [0.2, 0.25) is 0 Å². The lowest BCUT2D eigenvalue weighted by Crippen LogP contribution is -2.09. The van der Waals surface area contributed by atoms with Crippen LogP contribution in [0.3, 0.4) is 0 Å². The number of hydrogen-bond donors (Lipinski definition) is 0. The zero-order valence-corrected chi connectivity index (χ0v) is 18.3. The molecule has 4 nitrogen and oxygen atoms in total. The van der Waals surface area contributed by atoms with Crippen molar-refractivity contribution in [3.05, 3.63) is 54.6 Å². The molecule has 0 saturated heterocycles. The zero-order chi connectivity index (χ0) is 20.8. The molecule has 0 radical (unpaired) electrons. The highest BCUT2D eigenvalue weighted by Gasteiger charge is 2.20. The van der Waals surface area contributed by atoms with Crippen LogP contribution in [0.25, 0.3) is 0 Å². The van der Waals surface area contributed by atoms with Crippen LogP contribution in [0.4, 0.5) is 0 Å². The Hall–Kier alpha value is -1.85. The Labute approximate surface area is 176 Å². The highest BCUT2D eigenvalue weighted by atomic mass is 32.2. The summed E-state index contributed by atoms with van der Waals surface area (Å²) in [7, 11) is -3.85. The highest BCUT2D eigenvalue weighted by Crippen LogP contribution is 2.29. The average molecular weight is 419 g/mol. The number of hydrogen-bond acceptors (Lipinski definition) is 4. The van der Waals surface area contributed by atoms with Crippen LogP contribution in [0.1, 0.15) is 71.1 Å². The second-order valence-electron chi connectivity index (χ2n) is 7.32. The van der Waals surface area contributed by atoms with Crippen molar-refractivity contribution in [2.75, 3.05) is 6.61 Å². The van der Waals surface area contributed by atoms with Crippen molar-refractivity contribution in [1.82, 2.24) is 0 Å². The summed E-state index contributed by atoms with van der Waals surface area (Å²) < 4.78 is 36.2. The fourth-order valence-electron chi connectivity index (χ4n) is 3.18. The highest BCUT2D eigenvalue weighted by molar-refractivity contribution is 7.86. The number of para-hydroxylation sites is 2. The zero-order valence-electron chi connectivity index (χ0n) is 17.5. The average Bonchev–Trinajstić information content (AvgIpc) is 2.73. The van der Waals surface area contributed by atoms with Crippen LogP contribution in [-0.2, 0) is 14.3 Å². The van der Waals surface area contributed by atoms with Gasteiger partial charge in [0.15, 0.2) is 0 Å². The van der Waals surface area contributed by atoms with Crippen LogP contribution < -0.4 is 4.74 Å². The van der Waals surface area contributed by atoms with Gasteiger partial charge in [0.05, 0.1) is 6.61 Å². The Balaban J connectivity index is 1.72. The molecule has 0 heterocycles. The van der Waals surface area contributed by atoms with Gasteiger partial charge in [-0.2, -0.15) is 8.42 Å². The monoisotopic (exact) mass is 418 g/mol. The van der Waals surface area contributed by atoms with Crippen LogP contribution in [-0.4, -0.2) is 15.0 Å². The standard InChI is InChI=1S/C24H34O4S/c1-2-3-4-5-6-7-8-9-10-16-21-27-29(25,26)24-20-15-14-19-23(24)28-22-17-12-11-13-18-22/h11-15,17-20H,2-10,16,21H2,1H3. The molecule has 0 aromatic heterocycles. The molecular weight excluding hydrogens is 384 g/mol. The van der Waals surface area contributed by atoms with Gasteiger partial charge in [-0.3, -0.25) is 4.18 Å². The summed E-state index contributed by atoms with van der Waals surface area (Å²) in [6.07, 6.45) is 12.0. The van der Waals surface area contributed by atoms with E-state index in [-0.39, 0.29) is 17.3 Å². The number of rotatable bonds is 15. The molecule has 160 valence electrons. The first kappa shape index (κ1) is 23.4. The summed E-state index contributed by atoms with van der Waals surface area (Å²) in [6, 6.07) is 15.7. The second-order valence-corrected chi connectivity index (χ2v) is 8.90. The molecule has 0 saturated carbocycles. The van der Waals surface area contributed by atoms with Gasteiger partial charge in [0.1, 0.15) is 16.4 Å². The van der Waals surface area contributed by atoms with Crippen LogP contribution in [0.5, 0.6) is 11.5 Å². The van der Waals surface area contributed by atoms with Gasteiger partial charge in [0.25, 0.3) is 0 Å². The lowest BCUT2D eigenvalue weighted by molar-refractivity contribution is 0.304. The maximum Gasteiger partial charge on any atom is 0.300 e. The quantitative estimate of drug-likeness (QED) is 0.228. The third kappa shape index (κ3) is 9.01. The molecule has 0 N–H and O–H groups in total. The molecule has 0 spiro atoms. The molecule has 0 aliphatic rings. The first-order chi connectivity index (χ1) is 14.1. The fourth-order valence-corrected chi connectivity index (χ4v) is 4.24. The fraction of sp³-hybridized carbons (Fsp3) is 0.500. The summed E-state index contributed by atoms with van der Waals surface area (Å²) >= 11 is 0. The van der Waals surface area contributed by atoms with Crippen LogP contribution in [0.15, 0.2) is 59.5 Å².